The standard InChI is InChI=1S/C36H51N7O10/c1-21(30(47)42-28(19-23-9-5-4-6-10-23)32(49)41-27(34(51)52)11-7-8-18-37)39-35(53)36(2,3)43-33(50)26(40-31(48)25(38)20-29(45)46)17-14-22-12-15-24(44)16-13-22/h4-6,9-10,12-13,15-16,21,25-28,44H,7-8,11,14,17-20,37-38H2,1-3H3,(H,39,53)(H,40,48)(H,41,49)(H,42,47)(H,43,50)(H,45,46)(H,51,52)/t21-,25-,26-,27-,28-/m0/s1. The minimum absolute atomic E-state index is 0.0132. The van der Waals surface area contributed by atoms with Crippen molar-refractivity contribution in [2.24, 2.45) is 11.5 Å². The van der Waals surface area contributed by atoms with Gasteiger partial charge in [-0.1, -0.05) is 42.5 Å². The molecule has 0 unspecified atom stereocenters. The van der Waals surface area contributed by atoms with Crippen LogP contribution in [0.3, 0.4) is 0 Å². The average Bonchev–Trinajstić information content (AvgIpc) is 3.09. The van der Waals surface area contributed by atoms with Crippen LogP contribution in [0, 0.1) is 0 Å². The van der Waals surface area contributed by atoms with E-state index in [9.17, 15) is 43.8 Å². The van der Waals surface area contributed by atoms with Gasteiger partial charge in [0.05, 0.1) is 12.5 Å². The Labute approximate surface area is 307 Å². The number of aromatic hydroxyl groups is 1. The summed E-state index contributed by atoms with van der Waals surface area (Å²) in [4.78, 5) is 89.1. The molecule has 2 aromatic carbocycles. The minimum atomic E-state index is -1.66. The van der Waals surface area contributed by atoms with Crippen LogP contribution in [-0.4, -0.2) is 99.1 Å². The van der Waals surface area contributed by atoms with Gasteiger partial charge >= 0.3 is 11.9 Å². The maximum Gasteiger partial charge on any atom is 0.326 e. The van der Waals surface area contributed by atoms with Crippen LogP contribution in [0.25, 0.3) is 0 Å². The molecule has 17 nitrogen and oxygen atoms in total. The number of rotatable bonds is 22. The second-order valence-electron chi connectivity index (χ2n) is 13.2. The fourth-order valence-corrected chi connectivity index (χ4v) is 5.07. The number of unbranched alkanes of at least 4 members (excludes halogenated alkanes) is 1. The lowest BCUT2D eigenvalue weighted by Gasteiger charge is -2.30. The van der Waals surface area contributed by atoms with Crippen molar-refractivity contribution < 1.29 is 48.9 Å². The summed E-state index contributed by atoms with van der Waals surface area (Å²) in [7, 11) is 0. The zero-order valence-electron chi connectivity index (χ0n) is 30.1. The number of nitrogens with two attached hydrogens (primary N) is 2. The number of hydrogen-bond donors (Lipinski definition) is 10. The van der Waals surface area contributed by atoms with Gasteiger partial charge in [-0.05, 0) is 82.7 Å². The van der Waals surface area contributed by atoms with E-state index in [0.29, 0.717) is 30.5 Å². The highest BCUT2D eigenvalue weighted by atomic mass is 16.4. The van der Waals surface area contributed by atoms with Crippen molar-refractivity contribution >= 4 is 41.5 Å². The highest BCUT2D eigenvalue weighted by Crippen LogP contribution is 2.14. The van der Waals surface area contributed by atoms with E-state index in [1.807, 2.05) is 0 Å². The Morgan fingerprint density at radius 3 is 1.91 bits per heavy atom. The van der Waals surface area contributed by atoms with Gasteiger partial charge in [-0.25, -0.2) is 4.79 Å². The number of benzene rings is 2. The summed E-state index contributed by atoms with van der Waals surface area (Å²) >= 11 is 0. The fourth-order valence-electron chi connectivity index (χ4n) is 5.07. The Morgan fingerprint density at radius 1 is 0.717 bits per heavy atom. The lowest BCUT2D eigenvalue weighted by Crippen LogP contribution is -2.62. The molecule has 0 aliphatic carbocycles. The van der Waals surface area contributed by atoms with E-state index in [1.54, 1.807) is 42.5 Å². The van der Waals surface area contributed by atoms with Crippen molar-refractivity contribution in [1.29, 1.82) is 0 Å². The van der Waals surface area contributed by atoms with Gasteiger partial charge in [0.1, 0.15) is 35.5 Å². The Hall–Kier alpha value is -5.55. The van der Waals surface area contributed by atoms with Gasteiger partial charge in [0.15, 0.2) is 0 Å². The second kappa shape index (κ2) is 21.1. The molecule has 0 radical (unpaired) electrons. The number of nitrogens with one attached hydrogen (secondary N) is 5. The summed E-state index contributed by atoms with van der Waals surface area (Å²) in [5, 5.41) is 40.8. The monoisotopic (exact) mass is 741 g/mol. The number of hydrogen-bond acceptors (Lipinski definition) is 10. The number of carbonyl (C=O) groups is 7. The first-order chi connectivity index (χ1) is 24.9. The summed E-state index contributed by atoms with van der Waals surface area (Å²) < 4.78 is 0. The molecule has 2 rings (SSSR count). The zero-order valence-corrected chi connectivity index (χ0v) is 30.1. The molecule has 0 aliphatic heterocycles. The molecule has 53 heavy (non-hydrogen) atoms. The highest BCUT2D eigenvalue weighted by molar-refractivity contribution is 5.98. The van der Waals surface area contributed by atoms with E-state index in [0.717, 1.165) is 0 Å². The third-order valence-corrected chi connectivity index (χ3v) is 8.24. The van der Waals surface area contributed by atoms with Crippen LogP contribution in [-0.2, 0) is 46.4 Å². The molecule has 0 saturated carbocycles. The summed E-state index contributed by atoms with van der Waals surface area (Å²) in [6, 6.07) is 8.49. The third-order valence-electron chi connectivity index (χ3n) is 8.24. The summed E-state index contributed by atoms with van der Waals surface area (Å²) in [6.07, 6.45) is 0.747. The molecule has 0 aliphatic rings. The predicted molar refractivity (Wildman–Crippen MR) is 193 cm³/mol. The summed E-state index contributed by atoms with van der Waals surface area (Å²) in [5.41, 5.74) is 10.9. The number of amides is 5. The van der Waals surface area contributed by atoms with Gasteiger partial charge in [-0.15, -0.1) is 0 Å². The van der Waals surface area contributed by atoms with Crippen molar-refractivity contribution in [2.75, 3.05) is 6.54 Å². The highest BCUT2D eigenvalue weighted by Gasteiger charge is 2.35. The molecule has 0 bridgehead atoms. The molecule has 12 N–H and O–H groups in total. The number of carboxylic acids is 2. The first-order valence-corrected chi connectivity index (χ1v) is 17.2. The normalized spacial score (nSPS) is 14.0. The molecule has 0 aromatic heterocycles. The van der Waals surface area contributed by atoms with Crippen molar-refractivity contribution in [3.05, 3.63) is 65.7 Å². The first-order valence-electron chi connectivity index (χ1n) is 17.2. The lowest BCUT2D eigenvalue weighted by atomic mass is 10.00. The Balaban J connectivity index is 2.16. The molecule has 2 aromatic rings. The minimum Gasteiger partial charge on any atom is -0.508 e. The Bertz CT molecular complexity index is 1570. The smallest absolute Gasteiger partial charge is 0.326 e. The fraction of sp³-hybridized carbons (Fsp3) is 0.472. The molecular weight excluding hydrogens is 690 g/mol. The number of phenolic OH excluding ortho intramolecular Hbond substituents is 1. The number of aryl methyl sites for hydroxylation is 1. The predicted octanol–water partition coefficient (Wildman–Crippen LogP) is -0.563. The van der Waals surface area contributed by atoms with Gasteiger partial charge in [-0.3, -0.25) is 28.8 Å². The molecule has 0 saturated heterocycles. The van der Waals surface area contributed by atoms with Crippen LogP contribution in [0.5, 0.6) is 5.75 Å². The molecule has 290 valence electrons. The van der Waals surface area contributed by atoms with Gasteiger partial charge < -0.3 is 53.4 Å². The van der Waals surface area contributed by atoms with E-state index >= 15 is 0 Å². The van der Waals surface area contributed by atoms with Crippen LogP contribution in [0.4, 0.5) is 0 Å². The zero-order chi connectivity index (χ0) is 39.7. The van der Waals surface area contributed by atoms with E-state index in [4.69, 9.17) is 16.6 Å². The summed E-state index contributed by atoms with van der Waals surface area (Å²) in [5.74, 6) is -6.52. The molecule has 0 heterocycles. The summed E-state index contributed by atoms with van der Waals surface area (Å²) in [6.45, 7) is 4.45. The lowest BCUT2D eigenvalue weighted by molar-refractivity contribution is -0.142. The van der Waals surface area contributed by atoms with E-state index in [1.165, 1.54) is 32.9 Å². The van der Waals surface area contributed by atoms with Crippen molar-refractivity contribution in [2.45, 2.75) is 101 Å². The van der Waals surface area contributed by atoms with Crippen LogP contribution < -0.4 is 38.1 Å². The SMILES string of the molecule is C[C@H](NC(=O)C(C)(C)NC(=O)[C@H](CCc1ccc(O)cc1)NC(=O)[C@@H](N)CC(=O)O)C(=O)N[C@@H](Cc1ccccc1)C(=O)N[C@@H](CCCCN)C(=O)O. The molecule has 5 amide bonds. The van der Waals surface area contributed by atoms with Crippen molar-refractivity contribution in [3.63, 3.8) is 0 Å². The van der Waals surface area contributed by atoms with Crippen LogP contribution in [0.1, 0.15) is 64.0 Å². The van der Waals surface area contributed by atoms with Gasteiger partial charge in [0.25, 0.3) is 0 Å². The second-order valence-corrected chi connectivity index (χ2v) is 13.2. The number of aliphatic carboxylic acids is 2. The van der Waals surface area contributed by atoms with E-state index < -0.39 is 83.6 Å². The molecule has 0 fully saturated rings. The molecule has 17 heteroatoms. The number of carboxylic acid groups (broad SMARTS) is 2. The van der Waals surface area contributed by atoms with Gasteiger partial charge in [0, 0.05) is 6.42 Å². The molecular formula is C36H51N7O10. The maximum absolute atomic E-state index is 13.5. The first kappa shape index (κ1) is 43.6. The number of phenols is 1. The Kier molecular flexibility index (Phi) is 17.4. The van der Waals surface area contributed by atoms with Crippen LogP contribution >= 0.6 is 0 Å². The topological polar surface area (TPSA) is 292 Å². The van der Waals surface area contributed by atoms with Crippen LogP contribution in [0.15, 0.2) is 54.6 Å². The van der Waals surface area contributed by atoms with Crippen molar-refractivity contribution in [3.8, 4) is 5.75 Å². The average molecular weight is 742 g/mol. The van der Waals surface area contributed by atoms with Crippen molar-refractivity contribution in [1.82, 2.24) is 26.6 Å². The van der Waals surface area contributed by atoms with Gasteiger partial charge in [0.2, 0.25) is 29.5 Å². The largest absolute Gasteiger partial charge is 0.508 e. The van der Waals surface area contributed by atoms with E-state index in [2.05, 4.69) is 26.6 Å². The Morgan fingerprint density at radius 2 is 1.32 bits per heavy atom. The molecule has 0 spiro atoms. The number of carbonyl (C=O) groups excluding carboxylic acids is 5. The molecule has 5 atom stereocenters. The van der Waals surface area contributed by atoms with Crippen LogP contribution in [0.2, 0.25) is 0 Å². The maximum atomic E-state index is 13.5. The van der Waals surface area contributed by atoms with Gasteiger partial charge in [-0.2, -0.15) is 0 Å². The third kappa shape index (κ3) is 15.3. The van der Waals surface area contributed by atoms with E-state index in [-0.39, 0.29) is 31.4 Å². The quantitative estimate of drug-likeness (QED) is 0.0680.